The fourth-order valence-electron chi connectivity index (χ4n) is 30.8. The maximum atomic E-state index is 2.60. The Kier molecular flexibility index (Phi) is 16.5. The van der Waals surface area contributed by atoms with Crippen molar-refractivity contribution in [2.75, 3.05) is 19.6 Å². The van der Waals surface area contributed by atoms with E-state index in [0.29, 0.717) is 0 Å². The molecule has 4 heterocycles. The van der Waals surface area contributed by atoms with Gasteiger partial charge in [0.05, 0.1) is 21.7 Å². The molecule has 0 amide bonds. The molecule has 22 aromatic rings. The Morgan fingerprint density at radius 2 is 0.291 bits per heavy atom. The van der Waals surface area contributed by atoms with E-state index in [1.54, 1.807) is 0 Å². The van der Waals surface area contributed by atoms with Gasteiger partial charge in [-0.1, -0.05) is 386 Å². The van der Waals surface area contributed by atoms with Crippen LogP contribution >= 0.6 is 0 Å². The first-order valence-electron chi connectivity index (χ1n) is 52.6. The summed E-state index contributed by atoms with van der Waals surface area (Å²) < 4.78 is 0. The molecule has 0 atom stereocenters. The molecule has 0 unspecified atom stereocenters. The van der Waals surface area contributed by atoms with Crippen LogP contribution in [0.25, 0.3) is 89.0 Å². The van der Waals surface area contributed by atoms with Crippen LogP contribution < -0.4 is 52.4 Å². The highest BCUT2D eigenvalue weighted by Crippen LogP contribution is 2.70. The summed E-state index contributed by atoms with van der Waals surface area (Å²) in [5.74, 6) is 0. The number of fused-ring (bicyclic) bond motifs is 48. The van der Waals surface area contributed by atoms with Crippen LogP contribution in [0.4, 0.5) is 68.2 Å². The fourth-order valence-corrected chi connectivity index (χ4v) is 30.8. The molecule has 4 aliphatic heterocycles. The molecule has 0 saturated heterocycles. The first-order valence-corrected chi connectivity index (χ1v) is 52.6. The van der Waals surface area contributed by atoms with Gasteiger partial charge in [0, 0.05) is 68.2 Å². The van der Waals surface area contributed by atoms with E-state index in [1.165, 1.54) is 312 Å². The molecule has 8 aliphatic carbocycles. The number of aryl methyl sites for hydroxylation is 6. The van der Waals surface area contributed by atoms with Crippen LogP contribution in [0.15, 0.2) is 461 Å². The number of hydrogen-bond donors (Lipinski definition) is 0. The first kappa shape index (κ1) is 82.6. The van der Waals surface area contributed by atoms with Crippen molar-refractivity contribution in [2.24, 2.45) is 0 Å². The molecule has 12 aliphatic rings. The Bertz CT molecular complexity index is 8520. The summed E-state index contributed by atoms with van der Waals surface area (Å²) in [5.41, 5.74) is 71.4. The van der Waals surface area contributed by atoms with Crippen LogP contribution in [0, 0.1) is 41.5 Å². The van der Waals surface area contributed by atoms with E-state index in [9.17, 15) is 0 Å². The van der Waals surface area contributed by atoms with Crippen molar-refractivity contribution < 1.29 is 0 Å². The quantitative estimate of drug-likeness (QED) is 0.163. The summed E-state index contributed by atoms with van der Waals surface area (Å²) in [4.78, 5) is 10.4. The second-order valence-electron chi connectivity index (χ2n) is 43.4. The smallest absolute Gasteiger partial charge is 0.252 e. The van der Waals surface area contributed by atoms with Gasteiger partial charge < -0.3 is 19.6 Å². The average Bonchev–Trinajstić information content (AvgIpc) is 1.53. The van der Waals surface area contributed by atoms with Gasteiger partial charge in [-0.3, -0.25) is 0 Å². The average molecular weight is 1880 g/mol. The Labute approximate surface area is 863 Å². The monoisotopic (exact) mass is 1880 g/mol. The van der Waals surface area contributed by atoms with Crippen LogP contribution in [0.3, 0.4) is 0 Å². The molecule has 688 valence electrons. The van der Waals surface area contributed by atoms with Crippen LogP contribution in [0.5, 0.6) is 0 Å². The molecule has 22 aromatic carbocycles. The zero-order valence-corrected chi connectivity index (χ0v) is 82.8. The SMILES string of the molecule is Cc1ccc2c(c1)B1c3cc(C)ccc3N(c3ccc4c(c3)-c3ccccc3C43c4ccccc4-c4ccccc43)c3cc(C)cc(c31)N2c1ccc2c(c1)-c1ccccc1C21c2ccccc2-c2ccccc21.Cc1ccc2c(c1)B1c3cc(C)ccc3N(c3ccc4c(c3)-c3ccccc3C43c4ccccc4-c4ccccc43)c3cc(C)cc(c31)N2c1ccc2c(c1)-c1ccccc1C21c2ccccc2-c2ccccc21. The molecule has 0 aromatic heterocycles. The van der Waals surface area contributed by atoms with E-state index in [-0.39, 0.29) is 13.4 Å². The molecule has 0 bridgehead atoms. The highest BCUT2D eigenvalue weighted by molar-refractivity contribution is 7.01. The van der Waals surface area contributed by atoms with Gasteiger partial charge in [0.1, 0.15) is 0 Å². The molecular weight excluding hydrogens is 1780 g/mol. The van der Waals surface area contributed by atoms with E-state index >= 15 is 0 Å². The molecule has 0 radical (unpaired) electrons. The van der Waals surface area contributed by atoms with Gasteiger partial charge in [0.2, 0.25) is 0 Å². The zero-order valence-electron chi connectivity index (χ0n) is 82.8. The lowest BCUT2D eigenvalue weighted by Gasteiger charge is -2.44. The maximum absolute atomic E-state index is 2.60. The van der Waals surface area contributed by atoms with Gasteiger partial charge >= 0.3 is 0 Å². The van der Waals surface area contributed by atoms with Crippen LogP contribution in [0.1, 0.15) is 122 Å². The number of hydrogen-bond acceptors (Lipinski definition) is 4. The lowest BCUT2D eigenvalue weighted by molar-refractivity contribution is 0.794. The molecule has 0 fully saturated rings. The van der Waals surface area contributed by atoms with E-state index in [4.69, 9.17) is 0 Å². The van der Waals surface area contributed by atoms with Crippen molar-refractivity contribution in [1.82, 2.24) is 0 Å². The summed E-state index contributed by atoms with van der Waals surface area (Å²) in [5, 5.41) is 0. The van der Waals surface area contributed by atoms with Crippen molar-refractivity contribution in [3.05, 3.63) is 583 Å². The van der Waals surface area contributed by atoms with Gasteiger partial charge in [-0.05, 0) is 361 Å². The maximum Gasteiger partial charge on any atom is 0.252 e. The van der Waals surface area contributed by atoms with Gasteiger partial charge in [-0.15, -0.1) is 0 Å². The summed E-state index contributed by atoms with van der Waals surface area (Å²) in [6.45, 7) is 13.6. The largest absolute Gasteiger partial charge is 0.311 e. The van der Waals surface area contributed by atoms with Crippen molar-refractivity contribution in [1.29, 1.82) is 0 Å². The zero-order chi connectivity index (χ0) is 97.5. The summed E-state index contributed by atoms with van der Waals surface area (Å²) in [7, 11) is 0. The van der Waals surface area contributed by atoms with E-state index in [2.05, 4.69) is 522 Å². The minimum Gasteiger partial charge on any atom is -0.311 e. The van der Waals surface area contributed by atoms with Crippen molar-refractivity contribution in [3.63, 3.8) is 0 Å². The van der Waals surface area contributed by atoms with Crippen molar-refractivity contribution >= 4 is 114 Å². The highest BCUT2D eigenvalue weighted by Gasteiger charge is 2.59. The van der Waals surface area contributed by atoms with Gasteiger partial charge in [-0.2, -0.15) is 0 Å². The van der Waals surface area contributed by atoms with Crippen LogP contribution in [-0.4, -0.2) is 13.4 Å². The third kappa shape index (κ3) is 10.2. The third-order valence-electron chi connectivity index (χ3n) is 36.0. The number of benzene rings is 22. The Morgan fingerprint density at radius 1 is 0.135 bits per heavy atom. The highest BCUT2D eigenvalue weighted by atomic mass is 15.2. The molecule has 0 saturated carbocycles. The predicted molar refractivity (Wildman–Crippen MR) is 615 cm³/mol. The van der Waals surface area contributed by atoms with E-state index in [1.807, 2.05) is 0 Å². The van der Waals surface area contributed by atoms with Gasteiger partial charge in [0.25, 0.3) is 13.4 Å². The Morgan fingerprint density at radius 3 is 0.466 bits per heavy atom. The van der Waals surface area contributed by atoms with Gasteiger partial charge in [-0.25, -0.2) is 0 Å². The summed E-state index contributed by atoms with van der Waals surface area (Å²) in [6.07, 6.45) is 0. The lowest BCUT2D eigenvalue weighted by atomic mass is 9.33. The second-order valence-corrected chi connectivity index (χ2v) is 43.4. The molecule has 4 spiro atoms. The van der Waals surface area contributed by atoms with Crippen molar-refractivity contribution in [3.8, 4) is 89.0 Å². The minimum absolute atomic E-state index is 0.0349. The van der Waals surface area contributed by atoms with Crippen LogP contribution in [-0.2, 0) is 21.7 Å². The molecule has 0 N–H and O–H groups in total. The van der Waals surface area contributed by atoms with Crippen LogP contribution in [0.2, 0.25) is 0 Å². The van der Waals surface area contributed by atoms with E-state index < -0.39 is 21.7 Å². The molecular formula is C142H94B2N4. The van der Waals surface area contributed by atoms with Gasteiger partial charge in [0.15, 0.2) is 0 Å². The fraction of sp³-hybridized carbons (Fsp3) is 0.0704. The molecule has 148 heavy (non-hydrogen) atoms. The topological polar surface area (TPSA) is 13.0 Å². The standard InChI is InChI=1S/2C71H47BN2/c2*1-42-28-34-65-63(36-42)72-64-37-43(2)29-35-66(64)74(46-31-33-62-54(41-46)52-21-9-15-27-60(52)71(62)57-24-12-6-18-49(57)50-19-7-13-25-58(50)71)68-39-44(3)38-67(69(68)72)73(65)45-30-32-61-53(40-45)51-20-8-14-26-59(51)70(61)55-22-10-4-16-47(55)48-17-5-11-23-56(48)70/h2*4-41H,1-3H3. The lowest BCUT2D eigenvalue weighted by Crippen LogP contribution is -2.61. The molecule has 4 nitrogen and oxygen atoms in total. The van der Waals surface area contributed by atoms with Crippen molar-refractivity contribution in [2.45, 2.75) is 63.2 Å². The Balaban J connectivity index is 0.000000129. The predicted octanol–water partition coefficient (Wildman–Crippen LogP) is 30.8. The Hall–Kier alpha value is -17.8. The molecule has 6 heteroatoms. The summed E-state index contributed by atoms with van der Waals surface area (Å²) in [6, 6.07) is 178. The van der Waals surface area contributed by atoms with E-state index in [0.717, 1.165) is 0 Å². The summed E-state index contributed by atoms with van der Waals surface area (Å²) >= 11 is 0. The normalized spacial score (nSPS) is 15.1. The second kappa shape index (κ2) is 29.5. The molecule has 34 rings (SSSR count). The third-order valence-corrected chi connectivity index (χ3v) is 36.0. The minimum atomic E-state index is -0.398. The number of anilines is 12. The number of nitrogens with zero attached hydrogens (tertiary/aromatic N) is 4. The first-order chi connectivity index (χ1) is 72.9. The number of rotatable bonds is 4.